The lowest BCUT2D eigenvalue weighted by atomic mass is 10.0. The number of aromatic hydroxyl groups is 1. The van der Waals surface area contributed by atoms with E-state index in [0.717, 1.165) is 0 Å². The Kier molecular flexibility index (Phi) is 4.45. The minimum atomic E-state index is -0.576. The summed E-state index contributed by atoms with van der Waals surface area (Å²) in [5.41, 5.74) is 3.26. The van der Waals surface area contributed by atoms with Crippen LogP contribution in [-0.2, 0) is 0 Å². The van der Waals surface area contributed by atoms with Gasteiger partial charge >= 0.3 is 0 Å². The molecule has 5 heteroatoms. The van der Waals surface area contributed by atoms with Gasteiger partial charge in [-0.25, -0.2) is 5.84 Å². The van der Waals surface area contributed by atoms with Crippen molar-refractivity contribution in [3.63, 3.8) is 0 Å². The van der Waals surface area contributed by atoms with Crippen molar-refractivity contribution in [2.45, 2.75) is 19.8 Å². The molecule has 4 N–H and O–H groups in total. The van der Waals surface area contributed by atoms with Crippen molar-refractivity contribution in [1.82, 2.24) is 5.43 Å². The molecule has 21 heavy (non-hydrogen) atoms. The highest BCUT2D eigenvalue weighted by molar-refractivity contribution is 5.96. The molecule has 0 radical (unpaired) electrons. The average molecular weight is 286 g/mol. The summed E-state index contributed by atoms with van der Waals surface area (Å²) >= 11 is 0. The number of phenols is 1. The zero-order chi connectivity index (χ0) is 15.4. The van der Waals surface area contributed by atoms with E-state index in [1.54, 1.807) is 6.07 Å². The highest BCUT2D eigenvalue weighted by Crippen LogP contribution is 2.28. The molecule has 0 aromatic heterocycles. The van der Waals surface area contributed by atoms with E-state index >= 15 is 0 Å². The third kappa shape index (κ3) is 3.52. The summed E-state index contributed by atoms with van der Waals surface area (Å²) in [6.07, 6.45) is 0. The number of amides is 1. The Labute approximate surface area is 123 Å². The van der Waals surface area contributed by atoms with Gasteiger partial charge in [-0.15, -0.1) is 0 Å². The largest absolute Gasteiger partial charge is 0.507 e. The quantitative estimate of drug-likeness (QED) is 0.458. The summed E-state index contributed by atoms with van der Waals surface area (Å²) in [7, 11) is 0. The van der Waals surface area contributed by atoms with Crippen molar-refractivity contribution in [2.75, 3.05) is 0 Å². The Balaban J connectivity index is 2.21. The fraction of sp³-hybridized carbons (Fsp3) is 0.188. The van der Waals surface area contributed by atoms with Crippen LogP contribution < -0.4 is 16.0 Å². The Morgan fingerprint density at radius 1 is 1.14 bits per heavy atom. The maximum atomic E-state index is 11.5. The van der Waals surface area contributed by atoms with Crippen molar-refractivity contribution in [3.8, 4) is 17.2 Å². The third-order valence-electron chi connectivity index (χ3n) is 3.13. The predicted octanol–water partition coefficient (Wildman–Crippen LogP) is 2.91. The number of hydrogen-bond donors (Lipinski definition) is 3. The number of rotatable bonds is 4. The molecule has 2 rings (SSSR count). The molecule has 0 aliphatic rings. The van der Waals surface area contributed by atoms with E-state index in [4.69, 9.17) is 10.6 Å². The Morgan fingerprint density at radius 3 is 2.33 bits per heavy atom. The highest BCUT2D eigenvalue weighted by Gasteiger charge is 2.11. The molecule has 0 aliphatic heterocycles. The SMILES string of the molecule is CC(C)c1ccc(Oc2ccc(O)c(C(=O)NN)c2)cc1. The van der Waals surface area contributed by atoms with Crippen LogP contribution in [0.1, 0.15) is 35.7 Å². The first-order valence-electron chi connectivity index (χ1n) is 6.63. The Morgan fingerprint density at radius 2 is 1.76 bits per heavy atom. The fourth-order valence-electron chi connectivity index (χ4n) is 1.90. The van der Waals surface area contributed by atoms with Gasteiger partial charge in [0.05, 0.1) is 5.56 Å². The van der Waals surface area contributed by atoms with Gasteiger partial charge in [0.1, 0.15) is 17.2 Å². The maximum Gasteiger partial charge on any atom is 0.269 e. The number of carbonyl (C=O) groups is 1. The molecular weight excluding hydrogens is 268 g/mol. The lowest BCUT2D eigenvalue weighted by Crippen LogP contribution is -2.30. The van der Waals surface area contributed by atoms with Gasteiger partial charge in [0, 0.05) is 0 Å². The molecule has 110 valence electrons. The van der Waals surface area contributed by atoms with Gasteiger partial charge in [0.2, 0.25) is 0 Å². The minimum absolute atomic E-state index is 0.0637. The van der Waals surface area contributed by atoms with Gasteiger partial charge in [-0.3, -0.25) is 10.2 Å². The second kappa shape index (κ2) is 6.28. The number of nitrogens with one attached hydrogen (secondary N) is 1. The van der Waals surface area contributed by atoms with E-state index in [0.29, 0.717) is 17.4 Å². The minimum Gasteiger partial charge on any atom is -0.507 e. The first-order chi connectivity index (χ1) is 10.0. The molecule has 0 saturated heterocycles. The van der Waals surface area contributed by atoms with Crippen LogP contribution in [0.25, 0.3) is 0 Å². The van der Waals surface area contributed by atoms with Gasteiger partial charge < -0.3 is 9.84 Å². The van der Waals surface area contributed by atoms with E-state index in [1.807, 2.05) is 29.7 Å². The summed E-state index contributed by atoms with van der Waals surface area (Å²) in [5, 5.41) is 9.63. The highest BCUT2D eigenvalue weighted by atomic mass is 16.5. The van der Waals surface area contributed by atoms with Crippen LogP contribution in [0.5, 0.6) is 17.2 Å². The molecule has 0 atom stereocenters. The van der Waals surface area contributed by atoms with Crippen molar-refractivity contribution < 1.29 is 14.6 Å². The molecule has 5 nitrogen and oxygen atoms in total. The Bertz CT molecular complexity index is 636. The van der Waals surface area contributed by atoms with Gasteiger partial charge in [-0.1, -0.05) is 26.0 Å². The number of ether oxygens (including phenoxy) is 1. The van der Waals surface area contributed by atoms with E-state index in [9.17, 15) is 9.90 Å². The summed E-state index contributed by atoms with van der Waals surface area (Å²) in [6.45, 7) is 4.24. The second-order valence-corrected chi connectivity index (χ2v) is 4.98. The summed E-state index contributed by atoms with van der Waals surface area (Å²) < 4.78 is 5.67. The number of hydrazine groups is 1. The van der Waals surface area contributed by atoms with Gasteiger partial charge in [0.25, 0.3) is 5.91 Å². The number of benzene rings is 2. The lowest BCUT2D eigenvalue weighted by Gasteiger charge is -2.10. The van der Waals surface area contributed by atoms with E-state index in [-0.39, 0.29) is 11.3 Å². The monoisotopic (exact) mass is 286 g/mol. The fourth-order valence-corrected chi connectivity index (χ4v) is 1.90. The summed E-state index contributed by atoms with van der Waals surface area (Å²) in [5.74, 6) is 5.90. The van der Waals surface area contributed by atoms with E-state index in [2.05, 4.69) is 13.8 Å². The van der Waals surface area contributed by atoms with Gasteiger partial charge in [-0.05, 0) is 41.8 Å². The molecule has 0 fully saturated rings. The molecule has 0 heterocycles. The standard InChI is InChI=1S/C16H18N2O3/c1-10(2)11-3-5-12(6-4-11)21-13-7-8-15(19)14(9-13)16(20)18-17/h3-10,19H,17H2,1-2H3,(H,18,20). The third-order valence-corrected chi connectivity index (χ3v) is 3.13. The molecule has 0 unspecified atom stereocenters. The number of nitrogens with two attached hydrogens (primary N) is 1. The number of phenolic OH excluding ortho intramolecular Hbond substituents is 1. The van der Waals surface area contributed by atoms with Crippen LogP contribution in [0.15, 0.2) is 42.5 Å². The molecule has 2 aromatic carbocycles. The molecule has 0 bridgehead atoms. The lowest BCUT2D eigenvalue weighted by molar-refractivity contribution is 0.0950. The van der Waals surface area contributed by atoms with Crippen molar-refractivity contribution in [2.24, 2.45) is 5.84 Å². The molecule has 0 spiro atoms. The first kappa shape index (κ1) is 14.9. The van der Waals surface area contributed by atoms with E-state index in [1.165, 1.54) is 17.7 Å². The summed E-state index contributed by atoms with van der Waals surface area (Å²) in [6, 6.07) is 12.1. The van der Waals surface area contributed by atoms with Gasteiger partial charge in [-0.2, -0.15) is 0 Å². The van der Waals surface area contributed by atoms with Crippen molar-refractivity contribution >= 4 is 5.91 Å². The summed E-state index contributed by atoms with van der Waals surface area (Å²) in [4.78, 5) is 11.5. The molecule has 0 saturated carbocycles. The topological polar surface area (TPSA) is 84.6 Å². The number of hydrogen-bond acceptors (Lipinski definition) is 4. The van der Waals surface area contributed by atoms with Crippen LogP contribution >= 0.6 is 0 Å². The van der Waals surface area contributed by atoms with Crippen molar-refractivity contribution in [1.29, 1.82) is 0 Å². The smallest absolute Gasteiger partial charge is 0.269 e. The molecule has 2 aromatic rings. The molecule has 1 amide bonds. The van der Waals surface area contributed by atoms with Crippen LogP contribution in [0.3, 0.4) is 0 Å². The number of carbonyl (C=O) groups excluding carboxylic acids is 1. The zero-order valence-corrected chi connectivity index (χ0v) is 12.0. The van der Waals surface area contributed by atoms with Gasteiger partial charge in [0.15, 0.2) is 0 Å². The van der Waals surface area contributed by atoms with Crippen molar-refractivity contribution in [3.05, 3.63) is 53.6 Å². The first-order valence-corrected chi connectivity index (χ1v) is 6.63. The van der Waals surface area contributed by atoms with Crippen LogP contribution in [0.2, 0.25) is 0 Å². The molecular formula is C16H18N2O3. The second-order valence-electron chi connectivity index (χ2n) is 4.98. The Hall–Kier alpha value is -2.53. The van der Waals surface area contributed by atoms with Crippen LogP contribution in [0.4, 0.5) is 0 Å². The number of nitrogen functional groups attached to an aromatic ring is 1. The van der Waals surface area contributed by atoms with Crippen LogP contribution in [0, 0.1) is 0 Å². The molecule has 0 aliphatic carbocycles. The van der Waals surface area contributed by atoms with Crippen LogP contribution in [-0.4, -0.2) is 11.0 Å². The van der Waals surface area contributed by atoms with E-state index < -0.39 is 5.91 Å². The zero-order valence-electron chi connectivity index (χ0n) is 12.0. The maximum absolute atomic E-state index is 11.5. The normalized spacial score (nSPS) is 10.5. The average Bonchev–Trinajstić information content (AvgIpc) is 2.49. The predicted molar refractivity (Wildman–Crippen MR) is 80.4 cm³/mol.